The average molecular weight is 280 g/mol. The monoisotopic (exact) mass is 280 g/mol. The molecule has 0 heterocycles. The van der Waals surface area contributed by atoms with Crippen molar-refractivity contribution >= 4 is 5.78 Å². The van der Waals surface area contributed by atoms with Gasteiger partial charge in [-0.25, -0.2) is 0 Å². The highest BCUT2D eigenvalue weighted by molar-refractivity contribution is 5.78. The largest absolute Gasteiger partial charge is 0.389 e. The highest BCUT2D eigenvalue weighted by Gasteiger charge is 2.21. The Morgan fingerprint density at radius 3 is 2.70 bits per heavy atom. The highest BCUT2D eigenvalue weighted by atomic mass is 16.5. The molecule has 20 heavy (non-hydrogen) atoms. The van der Waals surface area contributed by atoms with E-state index in [-0.39, 0.29) is 12.0 Å². The number of ether oxygens (including phenoxy) is 1. The smallest absolute Gasteiger partial charge is 0.133 e. The molecule has 0 bridgehead atoms. The van der Waals surface area contributed by atoms with Gasteiger partial charge in [-0.05, 0) is 32.6 Å². The molecule has 0 aromatic carbocycles. The zero-order valence-electron chi connectivity index (χ0n) is 13.0. The molecular formula is C17H28O3. The SMILES string of the molecule is CO[C@H]1/C=C/CCCCC(=O)CC/C(C)=C\[C@@H](C)[C@@H]1O. The minimum Gasteiger partial charge on any atom is -0.389 e. The fourth-order valence-corrected chi connectivity index (χ4v) is 2.54. The zero-order chi connectivity index (χ0) is 15.0. The molecule has 114 valence electrons. The second-order valence-electron chi connectivity index (χ2n) is 5.78. The lowest BCUT2D eigenvalue weighted by Crippen LogP contribution is -2.31. The van der Waals surface area contributed by atoms with Gasteiger partial charge in [0.25, 0.3) is 0 Å². The molecule has 0 amide bonds. The molecule has 0 saturated heterocycles. The van der Waals surface area contributed by atoms with E-state index in [1.165, 1.54) is 5.57 Å². The number of Topliss-reactive ketones (excluding diaryl/α,β-unsaturated/α-hetero) is 1. The Balaban J connectivity index is 2.78. The van der Waals surface area contributed by atoms with E-state index in [1.807, 2.05) is 19.9 Å². The maximum Gasteiger partial charge on any atom is 0.133 e. The molecular weight excluding hydrogens is 252 g/mol. The van der Waals surface area contributed by atoms with E-state index in [0.29, 0.717) is 18.6 Å². The van der Waals surface area contributed by atoms with Gasteiger partial charge in [0.05, 0.1) is 6.10 Å². The molecule has 1 aliphatic carbocycles. The van der Waals surface area contributed by atoms with E-state index in [4.69, 9.17) is 4.74 Å². The summed E-state index contributed by atoms with van der Waals surface area (Å²) in [5.41, 5.74) is 1.17. The third-order valence-electron chi connectivity index (χ3n) is 3.90. The van der Waals surface area contributed by atoms with E-state index in [9.17, 15) is 9.90 Å². The van der Waals surface area contributed by atoms with Crippen LogP contribution < -0.4 is 0 Å². The molecule has 1 aliphatic rings. The summed E-state index contributed by atoms with van der Waals surface area (Å²) in [7, 11) is 1.63. The molecule has 3 atom stereocenters. The summed E-state index contributed by atoms with van der Waals surface area (Å²) in [5.74, 6) is 0.365. The van der Waals surface area contributed by atoms with Crippen molar-refractivity contribution in [2.75, 3.05) is 7.11 Å². The Hall–Kier alpha value is -0.930. The first-order valence-corrected chi connectivity index (χ1v) is 7.61. The van der Waals surface area contributed by atoms with Gasteiger partial charge in [-0.1, -0.05) is 30.7 Å². The van der Waals surface area contributed by atoms with Crippen LogP contribution in [0.5, 0.6) is 0 Å². The Bertz CT molecular complexity index is 357. The molecule has 0 aromatic heterocycles. The average Bonchev–Trinajstić information content (AvgIpc) is 2.43. The van der Waals surface area contributed by atoms with Crippen molar-refractivity contribution in [3.05, 3.63) is 23.8 Å². The Labute approximate surface area is 122 Å². The van der Waals surface area contributed by atoms with E-state index >= 15 is 0 Å². The van der Waals surface area contributed by atoms with Crippen molar-refractivity contribution in [1.82, 2.24) is 0 Å². The van der Waals surface area contributed by atoms with Crippen LogP contribution in [-0.2, 0) is 9.53 Å². The molecule has 0 aliphatic heterocycles. The summed E-state index contributed by atoms with van der Waals surface area (Å²) in [4.78, 5) is 11.7. The van der Waals surface area contributed by atoms with Gasteiger partial charge in [0.2, 0.25) is 0 Å². The van der Waals surface area contributed by atoms with Crippen molar-refractivity contribution in [3.8, 4) is 0 Å². The number of carbonyl (C=O) groups excluding carboxylic acids is 1. The van der Waals surface area contributed by atoms with Gasteiger partial charge in [0.1, 0.15) is 11.9 Å². The molecule has 0 fully saturated rings. The minimum absolute atomic E-state index is 0.0163. The molecule has 1 N–H and O–H groups in total. The van der Waals surface area contributed by atoms with Crippen molar-refractivity contribution in [1.29, 1.82) is 0 Å². The number of rotatable bonds is 1. The summed E-state index contributed by atoms with van der Waals surface area (Å²) in [5, 5.41) is 10.3. The molecule has 3 nitrogen and oxygen atoms in total. The van der Waals surface area contributed by atoms with Crippen LogP contribution in [0.15, 0.2) is 23.8 Å². The summed E-state index contributed by atoms with van der Waals surface area (Å²) >= 11 is 0. The molecule has 0 aromatic rings. The molecule has 3 heteroatoms. The standard InChI is InChI=1S/C17H28O3/c1-13-10-11-15(18)8-6-4-5-7-9-16(20-3)17(19)14(2)12-13/h7,9,12,14,16-17,19H,4-6,8,10-11H2,1-3H3/b9-7+,13-12-/t14-,16+,17+/m1/s1. The van der Waals surface area contributed by atoms with Crippen LogP contribution in [0.3, 0.4) is 0 Å². The van der Waals surface area contributed by atoms with Gasteiger partial charge in [0, 0.05) is 25.9 Å². The van der Waals surface area contributed by atoms with Gasteiger partial charge < -0.3 is 9.84 Å². The topological polar surface area (TPSA) is 46.5 Å². The summed E-state index contributed by atoms with van der Waals surface area (Å²) in [6.07, 6.45) is 10.2. The van der Waals surface area contributed by atoms with Crippen LogP contribution in [0.1, 0.15) is 52.4 Å². The Morgan fingerprint density at radius 2 is 2.00 bits per heavy atom. The lowest BCUT2D eigenvalue weighted by Gasteiger charge is -2.23. The van der Waals surface area contributed by atoms with Crippen LogP contribution in [0, 0.1) is 5.92 Å². The Morgan fingerprint density at radius 1 is 1.25 bits per heavy atom. The van der Waals surface area contributed by atoms with Gasteiger partial charge in [-0.3, -0.25) is 4.79 Å². The van der Waals surface area contributed by atoms with Crippen LogP contribution in [0.25, 0.3) is 0 Å². The van der Waals surface area contributed by atoms with E-state index in [2.05, 4.69) is 12.2 Å². The lowest BCUT2D eigenvalue weighted by molar-refractivity contribution is -0.119. The highest BCUT2D eigenvalue weighted by Crippen LogP contribution is 2.18. The number of allylic oxidation sites excluding steroid dienone is 2. The van der Waals surface area contributed by atoms with Crippen LogP contribution in [0.2, 0.25) is 0 Å². The number of hydrogen-bond acceptors (Lipinski definition) is 3. The maximum atomic E-state index is 11.7. The number of aliphatic hydroxyl groups excluding tert-OH is 1. The van der Waals surface area contributed by atoms with Gasteiger partial charge >= 0.3 is 0 Å². The predicted octanol–water partition coefficient (Wildman–Crippen LogP) is 3.42. The van der Waals surface area contributed by atoms with Crippen molar-refractivity contribution < 1.29 is 14.6 Å². The van der Waals surface area contributed by atoms with Gasteiger partial charge in [0.15, 0.2) is 0 Å². The van der Waals surface area contributed by atoms with Crippen molar-refractivity contribution in [2.45, 2.75) is 64.6 Å². The van der Waals surface area contributed by atoms with Crippen LogP contribution >= 0.6 is 0 Å². The first-order valence-electron chi connectivity index (χ1n) is 7.61. The predicted molar refractivity (Wildman–Crippen MR) is 81.6 cm³/mol. The number of aliphatic hydroxyl groups is 1. The maximum absolute atomic E-state index is 11.7. The number of ketones is 1. The normalized spacial score (nSPS) is 34.9. The molecule has 0 unspecified atom stereocenters. The summed E-state index contributed by atoms with van der Waals surface area (Å²) in [6, 6.07) is 0. The first-order chi connectivity index (χ1) is 9.54. The fourth-order valence-electron chi connectivity index (χ4n) is 2.54. The second-order valence-corrected chi connectivity index (χ2v) is 5.78. The first kappa shape index (κ1) is 17.1. The summed E-state index contributed by atoms with van der Waals surface area (Å²) < 4.78 is 5.37. The third kappa shape index (κ3) is 6.02. The quantitative estimate of drug-likeness (QED) is 0.749. The minimum atomic E-state index is -0.551. The van der Waals surface area contributed by atoms with Crippen LogP contribution in [-0.4, -0.2) is 30.2 Å². The summed E-state index contributed by atoms with van der Waals surface area (Å²) in [6.45, 7) is 4.02. The number of hydrogen-bond donors (Lipinski definition) is 1. The fraction of sp³-hybridized carbons (Fsp3) is 0.706. The third-order valence-corrected chi connectivity index (χ3v) is 3.90. The van der Waals surface area contributed by atoms with Gasteiger partial charge in [-0.2, -0.15) is 0 Å². The van der Waals surface area contributed by atoms with Crippen molar-refractivity contribution in [2.24, 2.45) is 5.92 Å². The van der Waals surface area contributed by atoms with E-state index in [0.717, 1.165) is 25.7 Å². The molecule has 0 radical (unpaired) electrons. The van der Waals surface area contributed by atoms with Gasteiger partial charge in [-0.15, -0.1) is 0 Å². The molecule has 0 spiro atoms. The van der Waals surface area contributed by atoms with E-state index < -0.39 is 6.10 Å². The number of methoxy groups -OCH3 is 1. The molecule has 0 saturated carbocycles. The molecule has 1 rings (SSSR count). The Kier molecular flexibility index (Phi) is 7.78. The van der Waals surface area contributed by atoms with Crippen LogP contribution in [0.4, 0.5) is 0 Å². The second kappa shape index (κ2) is 9.09. The number of carbonyl (C=O) groups is 1. The zero-order valence-corrected chi connectivity index (χ0v) is 13.0. The lowest BCUT2D eigenvalue weighted by atomic mass is 9.94. The van der Waals surface area contributed by atoms with E-state index in [1.54, 1.807) is 7.11 Å². The van der Waals surface area contributed by atoms with Crippen molar-refractivity contribution in [3.63, 3.8) is 0 Å².